The number of carbonyl (C=O) groups excluding carboxylic acids is 1. The predicted molar refractivity (Wildman–Crippen MR) is 52.1 cm³/mol. The Morgan fingerprint density at radius 3 is 2.62 bits per heavy atom. The summed E-state index contributed by atoms with van der Waals surface area (Å²) in [5.74, 6) is -0.440. The van der Waals surface area contributed by atoms with E-state index in [0.717, 1.165) is 0 Å². The molecule has 0 radical (unpaired) electrons. The smallest absolute Gasteiger partial charge is 0.267 e. The minimum atomic E-state index is -2.74. The Morgan fingerprint density at radius 2 is 2.12 bits per heavy atom. The van der Waals surface area contributed by atoms with Crippen molar-refractivity contribution < 1.29 is 18.7 Å². The van der Waals surface area contributed by atoms with Gasteiger partial charge in [-0.2, -0.15) is 4.99 Å². The molecule has 1 N–H and O–H groups in total. The van der Waals surface area contributed by atoms with E-state index in [0.29, 0.717) is 18.4 Å². The maximum absolute atomic E-state index is 12.5. The Bertz CT molecular complexity index is 463. The van der Waals surface area contributed by atoms with Gasteiger partial charge in [0.15, 0.2) is 0 Å². The molecule has 1 aromatic rings. The van der Waals surface area contributed by atoms with Gasteiger partial charge in [-0.05, 0) is 30.5 Å². The molecule has 1 aromatic carbocycles. The minimum Gasteiger partial charge on any atom is -0.507 e. The summed E-state index contributed by atoms with van der Waals surface area (Å²) in [5.41, 5.74) is -0.576. The fourth-order valence-electron chi connectivity index (χ4n) is 1.69. The van der Waals surface area contributed by atoms with E-state index in [-0.39, 0.29) is 0 Å². The molecule has 5 heteroatoms. The van der Waals surface area contributed by atoms with Crippen LogP contribution in [-0.2, 0) is 10.3 Å². The lowest BCUT2D eigenvalue weighted by Gasteiger charge is -2.11. The lowest BCUT2D eigenvalue weighted by Crippen LogP contribution is -2.03. The van der Waals surface area contributed by atoms with E-state index in [1.165, 1.54) is 24.3 Å². The number of nitrogens with zero attached hydrogens (tertiary/aromatic N) is 1. The summed E-state index contributed by atoms with van der Waals surface area (Å²) in [6, 6.07) is 3.92. The van der Waals surface area contributed by atoms with Gasteiger partial charge in [-0.15, -0.1) is 0 Å². The first-order chi connectivity index (χ1) is 7.59. The zero-order valence-corrected chi connectivity index (χ0v) is 8.28. The Morgan fingerprint density at radius 1 is 1.44 bits per heavy atom. The van der Waals surface area contributed by atoms with E-state index in [2.05, 4.69) is 4.99 Å². The van der Waals surface area contributed by atoms with Crippen LogP contribution in [0.3, 0.4) is 0 Å². The molecular formula is C11H9F2NO2. The van der Waals surface area contributed by atoms with Crippen LogP contribution in [0.4, 0.5) is 8.78 Å². The third-order valence-electron chi connectivity index (χ3n) is 2.78. The SMILES string of the molecule is O=C=NC1(c2ccc(O)c(C(F)F)c2)CC1. The first-order valence-electron chi connectivity index (χ1n) is 4.80. The number of aromatic hydroxyl groups is 1. The van der Waals surface area contributed by atoms with E-state index in [1.54, 1.807) is 0 Å². The van der Waals surface area contributed by atoms with Crippen molar-refractivity contribution in [3.05, 3.63) is 29.3 Å². The maximum Gasteiger partial charge on any atom is 0.267 e. The highest BCUT2D eigenvalue weighted by molar-refractivity contribution is 5.45. The highest BCUT2D eigenvalue weighted by atomic mass is 19.3. The van der Waals surface area contributed by atoms with Gasteiger partial charge >= 0.3 is 0 Å². The van der Waals surface area contributed by atoms with Crippen LogP contribution >= 0.6 is 0 Å². The van der Waals surface area contributed by atoms with Gasteiger partial charge in [0.25, 0.3) is 6.43 Å². The number of halogens is 2. The molecule has 0 unspecified atom stereocenters. The highest BCUT2D eigenvalue weighted by Gasteiger charge is 2.45. The first-order valence-corrected chi connectivity index (χ1v) is 4.80. The Balaban J connectivity index is 2.44. The molecule has 0 atom stereocenters. The van der Waals surface area contributed by atoms with E-state index in [9.17, 15) is 18.7 Å². The normalized spacial score (nSPS) is 16.9. The van der Waals surface area contributed by atoms with Crippen molar-refractivity contribution in [3.63, 3.8) is 0 Å². The molecule has 1 aliphatic rings. The number of hydrogen-bond acceptors (Lipinski definition) is 3. The molecule has 1 saturated carbocycles. The molecule has 0 bridgehead atoms. The van der Waals surface area contributed by atoms with Crippen LogP contribution in [0.2, 0.25) is 0 Å². The molecule has 1 aliphatic carbocycles. The molecule has 0 aromatic heterocycles. The second kappa shape index (κ2) is 3.68. The lowest BCUT2D eigenvalue weighted by molar-refractivity contribution is 0.147. The molecule has 0 saturated heterocycles. The average molecular weight is 225 g/mol. The molecule has 0 amide bonds. The molecule has 0 spiro atoms. The van der Waals surface area contributed by atoms with Crippen LogP contribution in [-0.4, -0.2) is 11.2 Å². The summed E-state index contributed by atoms with van der Waals surface area (Å²) in [5, 5.41) is 9.23. The van der Waals surface area contributed by atoms with Gasteiger partial charge in [0, 0.05) is 0 Å². The van der Waals surface area contributed by atoms with Crippen LogP contribution in [0.1, 0.15) is 30.4 Å². The summed E-state index contributed by atoms with van der Waals surface area (Å²) < 4.78 is 25.1. The second-order valence-electron chi connectivity index (χ2n) is 3.81. The van der Waals surface area contributed by atoms with E-state index in [1.807, 2.05) is 0 Å². The average Bonchev–Trinajstić information content (AvgIpc) is 2.99. The third-order valence-corrected chi connectivity index (χ3v) is 2.78. The Labute approximate surface area is 90.4 Å². The topological polar surface area (TPSA) is 49.7 Å². The van der Waals surface area contributed by atoms with Crippen molar-refractivity contribution in [1.29, 1.82) is 0 Å². The number of rotatable bonds is 3. The number of phenolic OH excluding ortho intramolecular Hbond substituents is 1. The van der Waals surface area contributed by atoms with Crippen LogP contribution in [0, 0.1) is 0 Å². The summed E-state index contributed by atoms with van der Waals surface area (Å²) in [4.78, 5) is 13.9. The van der Waals surface area contributed by atoms with Crippen LogP contribution in [0.5, 0.6) is 5.75 Å². The fraction of sp³-hybridized carbons (Fsp3) is 0.364. The number of isocyanates is 1. The van der Waals surface area contributed by atoms with Crippen molar-refractivity contribution >= 4 is 6.08 Å². The molecule has 16 heavy (non-hydrogen) atoms. The number of alkyl halides is 2. The highest BCUT2D eigenvalue weighted by Crippen LogP contribution is 2.50. The van der Waals surface area contributed by atoms with Crippen molar-refractivity contribution in [2.24, 2.45) is 4.99 Å². The number of aliphatic imine (C=N–C) groups is 1. The van der Waals surface area contributed by atoms with E-state index < -0.39 is 23.3 Å². The Kier molecular flexibility index (Phi) is 2.48. The first kappa shape index (κ1) is 10.8. The van der Waals surface area contributed by atoms with Crippen molar-refractivity contribution in [2.45, 2.75) is 24.8 Å². The van der Waals surface area contributed by atoms with Gasteiger partial charge in [-0.3, -0.25) is 0 Å². The van der Waals surface area contributed by atoms with Crippen LogP contribution < -0.4 is 0 Å². The van der Waals surface area contributed by atoms with Gasteiger partial charge in [-0.1, -0.05) is 6.07 Å². The molecule has 84 valence electrons. The predicted octanol–water partition coefficient (Wildman–Crippen LogP) is 2.65. The zero-order valence-electron chi connectivity index (χ0n) is 8.28. The van der Waals surface area contributed by atoms with Gasteiger partial charge < -0.3 is 5.11 Å². The van der Waals surface area contributed by atoms with Crippen molar-refractivity contribution in [2.75, 3.05) is 0 Å². The van der Waals surface area contributed by atoms with E-state index >= 15 is 0 Å². The lowest BCUT2D eigenvalue weighted by atomic mass is 10.0. The molecule has 0 heterocycles. The van der Waals surface area contributed by atoms with Gasteiger partial charge in [0.05, 0.1) is 11.1 Å². The summed E-state index contributed by atoms with van der Waals surface area (Å²) >= 11 is 0. The summed E-state index contributed by atoms with van der Waals surface area (Å²) in [6.07, 6.45) is 0.0144. The van der Waals surface area contributed by atoms with Crippen molar-refractivity contribution in [1.82, 2.24) is 0 Å². The number of benzene rings is 1. The van der Waals surface area contributed by atoms with Gasteiger partial charge in [0.2, 0.25) is 6.08 Å². The molecule has 3 nitrogen and oxygen atoms in total. The molecule has 0 aliphatic heterocycles. The zero-order chi connectivity index (χ0) is 11.8. The minimum absolute atomic E-state index is 0.426. The summed E-state index contributed by atoms with van der Waals surface area (Å²) in [7, 11) is 0. The second-order valence-corrected chi connectivity index (χ2v) is 3.81. The quantitative estimate of drug-likeness (QED) is 0.635. The largest absolute Gasteiger partial charge is 0.507 e. The van der Waals surface area contributed by atoms with Crippen LogP contribution in [0.25, 0.3) is 0 Å². The van der Waals surface area contributed by atoms with Crippen LogP contribution in [0.15, 0.2) is 23.2 Å². The van der Waals surface area contributed by atoms with E-state index in [4.69, 9.17) is 0 Å². The fourth-order valence-corrected chi connectivity index (χ4v) is 1.69. The monoisotopic (exact) mass is 225 g/mol. The standard InChI is InChI=1S/C11H9F2NO2/c12-10(13)8-5-7(1-2-9(8)16)11(3-4-11)14-6-15/h1-2,5,10,16H,3-4H2. The van der Waals surface area contributed by atoms with Gasteiger partial charge in [-0.25, -0.2) is 13.6 Å². The van der Waals surface area contributed by atoms with Crippen molar-refractivity contribution in [3.8, 4) is 5.75 Å². The molecule has 2 rings (SSSR count). The molecular weight excluding hydrogens is 216 g/mol. The number of hydrogen-bond donors (Lipinski definition) is 1. The van der Waals surface area contributed by atoms with Gasteiger partial charge in [0.1, 0.15) is 5.75 Å². The number of phenols is 1. The Hall–Kier alpha value is -1.74. The third kappa shape index (κ3) is 1.70. The summed E-state index contributed by atoms with van der Waals surface area (Å²) in [6.45, 7) is 0. The maximum atomic E-state index is 12.5. The molecule has 1 fully saturated rings.